The van der Waals surface area contributed by atoms with Crippen LogP contribution in [0.3, 0.4) is 0 Å². The number of benzene rings is 3. The van der Waals surface area contributed by atoms with Gasteiger partial charge in [0.1, 0.15) is 0 Å². The van der Waals surface area contributed by atoms with E-state index in [0.29, 0.717) is 5.75 Å². The van der Waals surface area contributed by atoms with Gasteiger partial charge in [-0.1, -0.05) is 72.8 Å². The maximum absolute atomic E-state index is 12.8. The average molecular weight is 402 g/mol. The zero-order chi connectivity index (χ0) is 20.5. The first-order chi connectivity index (χ1) is 14.2. The number of nitriles is 1. The molecular weight excluding hydrogens is 378 g/mol. The summed E-state index contributed by atoms with van der Waals surface area (Å²) in [5.74, 6) is 0.256. The predicted octanol–water partition coefficient (Wildman–Crippen LogP) is 4.96. The third-order valence-electron chi connectivity index (χ3n) is 4.52. The molecule has 0 fully saturated rings. The van der Waals surface area contributed by atoms with E-state index in [1.165, 1.54) is 11.8 Å². The number of carbonyl (C=O) groups excluding carboxylic acids is 1. The van der Waals surface area contributed by atoms with Gasteiger partial charge < -0.3 is 5.32 Å². The number of nitrogens with one attached hydrogen (secondary N) is 1. The van der Waals surface area contributed by atoms with E-state index >= 15 is 0 Å². The maximum Gasteiger partial charge on any atom is 0.238 e. The van der Waals surface area contributed by atoms with Crippen LogP contribution in [0.2, 0.25) is 0 Å². The molecule has 0 radical (unpaired) electrons. The zero-order valence-corrected chi connectivity index (χ0v) is 17.1. The second kappa shape index (κ2) is 10.5. The van der Waals surface area contributed by atoms with Crippen molar-refractivity contribution >= 4 is 23.4 Å². The Morgan fingerprint density at radius 3 is 2.10 bits per heavy atom. The quantitative estimate of drug-likeness (QED) is 0.542. The molecule has 3 aromatic carbocycles. The summed E-state index contributed by atoms with van der Waals surface area (Å²) < 4.78 is 0. The summed E-state index contributed by atoms with van der Waals surface area (Å²) in [5, 5.41) is 11.8. The van der Waals surface area contributed by atoms with Gasteiger partial charge in [0.15, 0.2) is 0 Å². The Bertz CT molecular complexity index is 931. The van der Waals surface area contributed by atoms with Crippen LogP contribution in [-0.4, -0.2) is 30.2 Å². The highest BCUT2D eigenvalue weighted by atomic mass is 32.2. The highest BCUT2D eigenvalue weighted by molar-refractivity contribution is 7.99. The minimum absolute atomic E-state index is 0.0219. The summed E-state index contributed by atoms with van der Waals surface area (Å²) in [7, 11) is 1.96. The van der Waals surface area contributed by atoms with Crippen molar-refractivity contribution in [3.8, 4) is 6.07 Å². The SMILES string of the molecule is CN(CC(=O)Nc1ccccc1SCC#N)C(c1ccccc1)c1ccccc1. The van der Waals surface area contributed by atoms with Crippen molar-refractivity contribution in [3.63, 3.8) is 0 Å². The molecule has 146 valence electrons. The Labute approximate surface area is 176 Å². The van der Waals surface area contributed by atoms with Crippen LogP contribution in [-0.2, 0) is 4.79 Å². The molecule has 29 heavy (non-hydrogen) atoms. The number of likely N-dealkylation sites (N-methyl/N-ethyl adjacent to an activating group) is 1. The number of hydrogen-bond donors (Lipinski definition) is 1. The van der Waals surface area contributed by atoms with Gasteiger partial charge in [-0.25, -0.2) is 0 Å². The number of rotatable bonds is 8. The Balaban J connectivity index is 1.76. The molecule has 0 aromatic heterocycles. The summed E-state index contributed by atoms with van der Waals surface area (Å²) in [6.45, 7) is 0.242. The van der Waals surface area contributed by atoms with Gasteiger partial charge >= 0.3 is 0 Å². The van der Waals surface area contributed by atoms with Gasteiger partial charge in [-0.3, -0.25) is 9.69 Å². The molecule has 0 unspecified atom stereocenters. The molecule has 1 N–H and O–H groups in total. The van der Waals surface area contributed by atoms with E-state index in [9.17, 15) is 4.79 Å². The van der Waals surface area contributed by atoms with E-state index in [1.807, 2.05) is 72.6 Å². The Morgan fingerprint density at radius 1 is 0.966 bits per heavy atom. The van der Waals surface area contributed by atoms with Gasteiger partial charge in [0.2, 0.25) is 5.91 Å². The Kier molecular flexibility index (Phi) is 7.46. The summed E-state index contributed by atoms with van der Waals surface area (Å²) in [6, 6.07) is 30.1. The molecule has 0 spiro atoms. The molecule has 0 saturated carbocycles. The second-order valence-corrected chi connectivity index (χ2v) is 7.65. The molecule has 0 aliphatic carbocycles. The van der Waals surface area contributed by atoms with E-state index in [1.54, 1.807) is 0 Å². The van der Waals surface area contributed by atoms with Crippen molar-refractivity contribution in [2.24, 2.45) is 0 Å². The second-order valence-electron chi connectivity index (χ2n) is 6.63. The fourth-order valence-corrected chi connectivity index (χ4v) is 3.95. The summed E-state index contributed by atoms with van der Waals surface area (Å²) in [5.41, 5.74) is 3.01. The molecule has 3 aromatic rings. The molecule has 0 aliphatic heterocycles. The zero-order valence-electron chi connectivity index (χ0n) is 16.3. The van der Waals surface area contributed by atoms with Gasteiger partial charge in [0.05, 0.1) is 30.1 Å². The molecule has 4 nitrogen and oxygen atoms in total. The number of anilines is 1. The van der Waals surface area contributed by atoms with Crippen LogP contribution >= 0.6 is 11.8 Å². The monoisotopic (exact) mass is 401 g/mol. The standard InChI is InChI=1S/C24H23N3OS/c1-27(18-23(28)26-21-14-8-9-15-22(21)29-17-16-25)24(19-10-4-2-5-11-19)20-12-6-3-7-13-20/h2-15,24H,17-18H2,1H3,(H,26,28). The van der Waals surface area contributed by atoms with E-state index in [4.69, 9.17) is 5.26 Å². The van der Waals surface area contributed by atoms with Crippen molar-refractivity contribution < 1.29 is 4.79 Å². The van der Waals surface area contributed by atoms with Gasteiger partial charge in [-0.05, 0) is 30.3 Å². The molecule has 0 bridgehead atoms. The first-order valence-corrected chi connectivity index (χ1v) is 10.4. The molecule has 0 heterocycles. The lowest BCUT2D eigenvalue weighted by molar-refractivity contribution is -0.117. The lowest BCUT2D eigenvalue weighted by Gasteiger charge is -2.28. The van der Waals surface area contributed by atoms with E-state index in [2.05, 4.69) is 35.7 Å². The number of carbonyl (C=O) groups is 1. The first kappa shape index (κ1) is 20.7. The minimum Gasteiger partial charge on any atom is -0.324 e. The van der Waals surface area contributed by atoms with E-state index in [0.717, 1.165) is 21.7 Å². The van der Waals surface area contributed by atoms with E-state index in [-0.39, 0.29) is 18.5 Å². The van der Waals surface area contributed by atoms with Crippen LogP contribution in [0.4, 0.5) is 5.69 Å². The minimum atomic E-state index is -0.0885. The number of thioether (sulfide) groups is 1. The van der Waals surface area contributed by atoms with Crippen LogP contribution in [0.15, 0.2) is 89.8 Å². The summed E-state index contributed by atoms with van der Waals surface area (Å²) in [6.07, 6.45) is 0. The molecular formula is C24H23N3OS. The molecule has 5 heteroatoms. The van der Waals surface area contributed by atoms with Crippen molar-refractivity contribution in [1.29, 1.82) is 5.26 Å². The number of para-hydroxylation sites is 1. The smallest absolute Gasteiger partial charge is 0.238 e. The molecule has 0 atom stereocenters. The van der Waals surface area contributed by atoms with Gasteiger partial charge in [0, 0.05) is 4.90 Å². The molecule has 1 amide bonds. The van der Waals surface area contributed by atoms with Crippen LogP contribution < -0.4 is 5.32 Å². The average Bonchev–Trinajstić information content (AvgIpc) is 2.75. The molecule has 3 rings (SSSR count). The number of amides is 1. The van der Waals surface area contributed by atoms with Crippen LogP contribution in [0.1, 0.15) is 17.2 Å². The predicted molar refractivity (Wildman–Crippen MR) is 119 cm³/mol. The number of nitrogens with zero attached hydrogens (tertiary/aromatic N) is 2. The lowest BCUT2D eigenvalue weighted by Crippen LogP contribution is -2.34. The fraction of sp³-hybridized carbons (Fsp3) is 0.167. The van der Waals surface area contributed by atoms with E-state index < -0.39 is 0 Å². The molecule has 0 aliphatic rings. The highest BCUT2D eigenvalue weighted by Gasteiger charge is 2.21. The van der Waals surface area contributed by atoms with Crippen molar-refractivity contribution in [1.82, 2.24) is 4.90 Å². The van der Waals surface area contributed by atoms with Crippen LogP contribution in [0.25, 0.3) is 0 Å². The van der Waals surface area contributed by atoms with Crippen LogP contribution in [0.5, 0.6) is 0 Å². The van der Waals surface area contributed by atoms with Crippen molar-refractivity contribution in [2.45, 2.75) is 10.9 Å². The topological polar surface area (TPSA) is 56.1 Å². The van der Waals surface area contributed by atoms with Crippen molar-refractivity contribution in [3.05, 3.63) is 96.1 Å². The van der Waals surface area contributed by atoms with Gasteiger partial charge in [-0.2, -0.15) is 5.26 Å². The highest BCUT2D eigenvalue weighted by Crippen LogP contribution is 2.29. The fourth-order valence-electron chi connectivity index (χ4n) is 3.29. The number of hydrogen-bond acceptors (Lipinski definition) is 4. The normalized spacial score (nSPS) is 10.7. The first-order valence-electron chi connectivity index (χ1n) is 9.38. The van der Waals surface area contributed by atoms with Gasteiger partial charge in [0.25, 0.3) is 0 Å². The third-order valence-corrected chi connectivity index (χ3v) is 5.46. The van der Waals surface area contributed by atoms with Gasteiger partial charge in [-0.15, -0.1) is 11.8 Å². The lowest BCUT2D eigenvalue weighted by atomic mass is 9.97. The Hall–Kier alpha value is -3.07. The summed E-state index contributed by atoms with van der Waals surface area (Å²) >= 11 is 1.42. The summed E-state index contributed by atoms with van der Waals surface area (Å²) in [4.78, 5) is 15.7. The molecule has 0 saturated heterocycles. The Morgan fingerprint density at radius 2 is 1.52 bits per heavy atom. The third kappa shape index (κ3) is 5.71. The van der Waals surface area contributed by atoms with Crippen LogP contribution in [0, 0.1) is 11.3 Å². The van der Waals surface area contributed by atoms with Crippen molar-refractivity contribution in [2.75, 3.05) is 24.7 Å². The maximum atomic E-state index is 12.8. The largest absolute Gasteiger partial charge is 0.324 e.